The van der Waals surface area contributed by atoms with Crippen molar-refractivity contribution in [2.24, 2.45) is 5.10 Å². The molecule has 0 amide bonds. The molecule has 2 aromatic rings. The van der Waals surface area contributed by atoms with Crippen molar-refractivity contribution in [2.45, 2.75) is 0 Å². The number of nitrogens with one attached hydrogen (secondary N) is 1. The molecule has 3 N–H and O–H groups in total. The smallest absolute Gasteiger partial charge is 0.337 e. The SMILES string of the molecule is O=C(O)c1ccc(/C=N/Nc2ccccc2C(=O)O)cc1. The van der Waals surface area contributed by atoms with Gasteiger partial charge in [0.1, 0.15) is 0 Å². The first-order valence-corrected chi connectivity index (χ1v) is 6.02. The standard InChI is InChI=1S/C15H12N2O4/c18-14(19)11-7-5-10(6-8-11)9-16-17-13-4-2-1-3-12(13)15(20)21/h1-9,17H,(H,18,19)(H,20,21)/b16-9+. The predicted octanol–water partition coefficient (Wildman–Crippen LogP) is 2.53. The van der Waals surface area contributed by atoms with Crippen LogP contribution >= 0.6 is 0 Å². The fourth-order valence-electron chi connectivity index (χ4n) is 1.66. The number of nitrogens with zero attached hydrogens (tertiary/aromatic N) is 1. The van der Waals surface area contributed by atoms with Crippen LogP contribution in [0.2, 0.25) is 0 Å². The van der Waals surface area contributed by atoms with Crippen LogP contribution in [0.4, 0.5) is 5.69 Å². The maximum Gasteiger partial charge on any atom is 0.337 e. The summed E-state index contributed by atoms with van der Waals surface area (Å²) in [6.45, 7) is 0. The number of hydrogen-bond acceptors (Lipinski definition) is 4. The van der Waals surface area contributed by atoms with E-state index in [0.717, 1.165) is 0 Å². The first-order valence-electron chi connectivity index (χ1n) is 6.02. The molecule has 0 radical (unpaired) electrons. The van der Waals surface area contributed by atoms with Crippen LogP contribution in [-0.2, 0) is 0 Å². The zero-order chi connectivity index (χ0) is 15.2. The number of benzene rings is 2. The van der Waals surface area contributed by atoms with Gasteiger partial charge in [0.05, 0.1) is 23.0 Å². The zero-order valence-electron chi connectivity index (χ0n) is 10.9. The average Bonchev–Trinajstić information content (AvgIpc) is 2.48. The second-order valence-electron chi connectivity index (χ2n) is 4.15. The molecule has 106 valence electrons. The third-order valence-electron chi connectivity index (χ3n) is 2.71. The zero-order valence-corrected chi connectivity index (χ0v) is 10.9. The maximum atomic E-state index is 11.0. The van der Waals surface area contributed by atoms with E-state index in [9.17, 15) is 9.59 Å². The maximum absolute atomic E-state index is 11.0. The van der Waals surface area contributed by atoms with Gasteiger partial charge in [0.15, 0.2) is 0 Å². The van der Waals surface area contributed by atoms with Crippen LogP contribution in [0.15, 0.2) is 53.6 Å². The molecule has 0 bridgehead atoms. The molecular weight excluding hydrogens is 272 g/mol. The monoisotopic (exact) mass is 284 g/mol. The van der Waals surface area contributed by atoms with E-state index in [4.69, 9.17) is 10.2 Å². The first-order chi connectivity index (χ1) is 10.1. The van der Waals surface area contributed by atoms with Crippen LogP contribution in [0.5, 0.6) is 0 Å². The van der Waals surface area contributed by atoms with Crippen LogP contribution in [0.1, 0.15) is 26.3 Å². The average molecular weight is 284 g/mol. The molecule has 6 heteroatoms. The Morgan fingerprint density at radius 1 is 0.952 bits per heavy atom. The van der Waals surface area contributed by atoms with E-state index < -0.39 is 11.9 Å². The predicted molar refractivity (Wildman–Crippen MR) is 78.0 cm³/mol. The normalized spacial score (nSPS) is 10.5. The molecule has 0 aromatic heterocycles. The summed E-state index contributed by atoms with van der Waals surface area (Å²) in [6, 6.07) is 12.6. The Morgan fingerprint density at radius 2 is 1.62 bits per heavy atom. The molecule has 0 spiro atoms. The lowest BCUT2D eigenvalue weighted by Gasteiger charge is -2.04. The van der Waals surface area contributed by atoms with E-state index in [0.29, 0.717) is 11.3 Å². The van der Waals surface area contributed by atoms with E-state index in [-0.39, 0.29) is 11.1 Å². The summed E-state index contributed by atoms with van der Waals surface area (Å²) in [5, 5.41) is 21.7. The lowest BCUT2D eigenvalue weighted by molar-refractivity contribution is 0.0686. The minimum atomic E-state index is -1.04. The highest BCUT2D eigenvalue weighted by molar-refractivity contribution is 5.94. The lowest BCUT2D eigenvalue weighted by Crippen LogP contribution is -2.02. The Hall–Kier alpha value is -3.15. The van der Waals surface area contributed by atoms with Crippen molar-refractivity contribution < 1.29 is 19.8 Å². The highest BCUT2D eigenvalue weighted by atomic mass is 16.4. The van der Waals surface area contributed by atoms with Crippen molar-refractivity contribution >= 4 is 23.8 Å². The molecule has 0 saturated carbocycles. The van der Waals surface area contributed by atoms with Crippen molar-refractivity contribution in [3.8, 4) is 0 Å². The number of anilines is 1. The van der Waals surface area contributed by atoms with Gasteiger partial charge in [-0.3, -0.25) is 5.43 Å². The molecule has 0 unspecified atom stereocenters. The summed E-state index contributed by atoms with van der Waals surface area (Å²) in [7, 11) is 0. The Bertz CT molecular complexity index is 693. The minimum Gasteiger partial charge on any atom is -0.478 e. The van der Waals surface area contributed by atoms with Crippen LogP contribution in [0.3, 0.4) is 0 Å². The summed E-state index contributed by atoms with van der Waals surface area (Å²) >= 11 is 0. The van der Waals surface area contributed by atoms with Gasteiger partial charge in [-0.25, -0.2) is 9.59 Å². The molecule has 0 aliphatic rings. The molecule has 0 atom stereocenters. The van der Waals surface area contributed by atoms with Gasteiger partial charge in [-0.15, -0.1) is 0 Å². The summed E-state index contributed by atoms with van der Waals surface area (Å²) in [4.78, 5) is 21.7. The number of rotatable bonds is 5. The fourth-order valence-corrected chi connectivity index (χ4v) is 1.66. The van der Waals surface area contributed by atoms with Crippen molar-refractivity contribution in [1.29, 1.82) is 0 Å². The Morgan fingerprint density at radius 3 is 2.24 bits per heavy atom. The molecule has 2 aromatic carbocycles. The van der Waals surface area contributed by atoms with Crippen LogP contribution in [0.25, 0.3) is 0 Å². The summed E-state index contributed by atoms with van der Waals surface area (Å²) in [5.74, 6) is -2.04. The highest BCUT2D eigenvalue weighted by Crippen LogP contribution is 2.14. The Labute approximate surface area is 120 Å². The molecule has 0 saturated heterocycles. The fraction of sp³-hybridized carbons (Fsp3) is 0. The molecule has 2 rings (SSSR count). The van der Waals surface area contributed by atoms with E-state index in [2.05, 4.69) is 10.5 Å². The van der Waals surface area contributed by atoms with E-state index in [1.807, 2.05) is 0 Å². The number of para-hydroxylation sites is 1. The number of aromatic carboxylic acids is 2. The topological polar surface area (TPSA) is 99.0 Å². The van der Waals surface area contributed by atoms with Crippen LogP contribution < -0.4 is 5.43 Å². The third kappa shape index (κ3) is 3.66. The molecule has 0 aliphatic carbocycles. The Balaban J connectivity index is 2.09. The highest BCUT2D eigenvalue weighted by Gasteiger charge is 2.07. The van der Waals surface area contributed by atoms with Gasteiger partial charge in [-0.1, -0.05) is 24.3 Å². The third-order valence-corrected chi connectivity index (χ3v) is 2.71. The second-order valence-corrected chi connectivity index (χ2v) is 4.15. The number of carbonyl (C=O) groups is 2. The molecule has 21 heavy (non-hydrogen) atoms. The lowest BCUT2D eigenvalue weighted by atomic mass is 10.1. The largest absolute Gasteiger partial charge is 0.478 e. The van der Waals surface area contributed by atoms with Gasteiger partial charge in [0.2, 0.25) is 0 Å². The molecular formula is C15H12N2O4. The number of hydrazone groups is 1. The Kier molecular flexibility index (Phi) is 4.30. The second kappa shape index (κ2) is 6.33. The summed E-state index contributed by atoms with van der Waals surface area (Å²) in [6.07, 6.45) is 1.48. The van der Waals surface area contributed by atoms with Crippen molar-refractivity contribution in [1.82, 2.24) is 0 Å². The molecule has 0 aliphatic heterocycles. The first kappa shape index (κ1) is 14.3. The molecule has 6 nitrogen and oxygen atoms in total. The molecule has 0 fully saturated rings. The number of carboxylic acids is 2. The van der Waals surface area contributed by atoms with E-state index >= 15 is 0 Å². The quantitative estimate of drug-likeness (QED) is 0.578. The van der Waals surface area contributed by atoms with Gasteiger partial charge in [-0.2, -0.15) is 5.10 Å². The number of hydrogen-bond donors (Lipinski definition) is 3. The van der Waals surface area contributed by atoms with Gasteiger partial charge < -0.3 is 10.2 Å². The van der Waals surface area contributed by atoms with Gasteiger partial charge in [0.25, 0.3) is 0 Å². The van der Waals surface area contributed by atoms with Crippen LogP contribution in [-0.4, -0.2) is 28.4 Å². The van der Waals surface area contributed by atoms with E-state index in [1.165, 1.54) is 24.4 Å². The van der Waals surface area contributed by atoms with Crippen LogP contribution in [0, 0.1) is 0 Å². The summed E-state index contributed by atoms with van der Waals surface area (Å²) in [5.41, 5.74) is 4.04. The number of carboxylic acid groups (broad SMARTS) is 2. The van der Waals surface area contributed by atoms with Gasteiger partial charge in [-0.05, 0) is 29.8 Å². The van der Waals surface area contributed by atoms with Crippen molar-refractivity contribution in [2.75, 3.05) is 5.43 Å². The summed E-state index contributed by atoms with van der Waals surface area (Å²) < 4.78 is 0. The van der Waals surface area contributed by atoms with Gasteiger partial charge >= 0.3 is 11.9 Å². The molecule has 0 heterocycles. The van der Waals surface area contributed by atoms with Crippen molar-refractivity contribution in [3.63, 3.8) is 0 Å². The minimum absolute atomic E-state index is 0.121. The van der Waals surface area contributed by atoms with E-state index in [1.54, 1.807) is 30.3 Å². The van der Waals surface area contributed by atoms with Gasteiger partial charge in [0, 0.05) is 0 Å². The van der Waals surface area contributed by atoms with Crippen molar-refractivity contribution in [3.05, 3.63) is 65.2 Å².